The van der Waals surface area contributed by atoms with Crippen molar-refractivity contribution >= 4 is 5.78 Å². The van der Waals surface area contributed by atoms with Crippen LogP contribution in [0.3, 0.4) is 0 Å². The highest BCUT2D eigenvalue weighted by atomic mass is 16.5. The van der Waals surface area contributed by atoms with Crippen LogP contribution in [0.4, 0.5) is 0 Å². The van der Waals surface area contributed by atoms with E-state index in [2.05, 4.69) is 0 Å². The molecule has 0 heterocycles. The van der Waals surface area contributed by atoms with Gasteiger partial charge >= 0.3 is 0 Å². The summed E-state index contributed by atoms with van der Waals surface area (Å²) in [6.45, 7) is 1.86. The SMILES string of the molecule is COC1=CC(C)C=C(O)C1=O. The molecule has 0 radical (unpaired) electrons. The lowest BCUT2D eigenvalue weighted by Crippen LogP contribution is -2.13. The highest BCUT2D eigenvalue weighted by molar-refractivity contribution is 6.05. The molecule has 0 aromatic heterocycles. The maximum absolute atomic E-state index is 11.0. The quantitative estimate of drug-likeness (QED) is 0.616. The molecule has 1 N–H and O–H groups in total. The summed E-state index contributed by atoms with van der Waals surface area (Å²) >= 11 is 0. The summed E-state index contributed by atoms with van der Waals surface area (Å²) in [7, 11) is 1.41. The van der Waals surface area contributed by atoms with Crippen LogP contribution in [-0.4, -0.2) is 18.0 Å². The number of aliphatic hydroxyl groups is 1. The van der Waals surface area contributed by atoms with Crippen LogP contribution in [-0.2, 0) is 9.53 Å². The second kappa shape index (κ2) is 2.78. The van der Waals surface area contributed by atoms with Crippen LogP contribution in [0.5, 0.6) is 0 Å². The van der Waals surface area contributed by atoms with Crippen LogP contribution in [0, 0.1) is 5.92 Å². The van der Waals surface area contributed by atoms with Crippen LogP contribution in [0.2, 0.25) is 0 Å². The van der Waals surface area contributed by atoms with Gasteiger partial charge in [-0.05, 0) is 18.1 Å². The second-order valence-electron chi connectivity index (χ2n) is 2.48. The molecule has 3 heteroatoms. The Kier molecular flexibility index (Phi) is 1.98. The van der Waals surface area contributed by atoms with Gasteiger partial charge in [-0.2, -0.15) is 0 Å². The maximum Gasteiger partial charge on any atom is 0.261 e. The Labute approximate surface area is 65.0 Å². The molecule has 60 valence electrons. The molecule has 1 aliphatic rings. The number of hydrogen-bond acceptors (Lipinski definition) is 3. The Morgan fingerprint density at radius 2 is 2.18 bits per heavy atom. The van der Waals surface area contributed by atoms with Crippen LogP contribution in [0.1, 0.15) is 6.92 Å². The minimum atomic E-state index is -0.439. The number of allylic oxidation sites excluding steroid dienone is 2. The first-order chi connectivity index (χ1) is 5.15. The minimum Gasteiger partial charge on any atom is -0.504 e. The number of methoxy groups -OCH3 is 1. The largest absolute Gasteiger partial charge is 0.504 e. The molecule has 0 spiro atoms. The Morgan fingerprint density at radius 1 is 1.55 bits per heavy atom. The summed E-state index contributed by atoms with van der Waals surface area (Å²) < 4.78 is 4.75. The van der Waals surface area contributed by atoms with E-state index >= 15 is 0 Å². The molecule has 0 bridgehead atoms. The standard InChI is InChI=1S/C8H10O3/c1-5-3-6(9)8(10)7(4-5)11-2/h3-5,9H,1-2H3. The monoisotopic (exact) mass is 154 g/mol. The van der Waals surface area contributed by atoms with Gasteiger partial charge in [0.05, 0.1) is 7.11 Å². The molecule has 0 aromatic carbocycles. The lowest BCUT2D eigenvalue weighted by atomic mass is 10.0. The Morgan fingerprint density at radius 3 is 2.73 bits per heavy atom. The van der Waals surface area contributed by atoms with E-state index in [9.17, 15) is 4.79 Å². The first-order valence-electron chi connectivity index (χ1n) is 3.36. The zero-order valence-corrected chi connectivity index (χ0v) is 6.50. The van der Waals surface area contributed by atoms with Crippen LogP contribution < -0.4 is 0 Å². The van der Waals surface area contributed by atoms with E-state index in [0.29, 0.717) is 0 Å². The van der Waals surface area contributed by atoms with E-state index in [4.69, 9.17) is 9.84 Å². The van der Waals surface area contributed by atoms with Crippen LogP contribution in [0.25, 0.3) is 0 Å². The van der Waals surface area contributed by atoms with Crippen molar-refractivity contribution in [3.05, 3.63) is 23.7 Å². The fraction of sp³-hybridized carbons (Fsp3) is 0.375. The van der Waals surface area contributed by atoms with Crippen molar-refractivity contribution in [2.45, 2.75) is 6.92 Å². The van der Waals surface area contributed by atoms with Gasteiger partial charge in [0.15, 0.2) is 11.5 Å². The topological polar surface area (TPSA) is 46.5 Å². The maximum atomic E-state index is 11.0. The van der Waals surface area contributed by atoms with Gasteiger partial charge in [0.25, 0.3) is 5.78 Å². The Bertz CT molecular complexity index is 238. The van der Waals surface area contributed by atoms with Crippen molar-refractivity contribution in [1.82, 2.24) is 0 Å². The highest BCUT2D eigenvalue weighted by Crippen LogP contribution is 2.17. The number of carbonyl (C=O) groups excluding carboxylic acids is 1. The zero-order chi connectivity index (χ0) is 8.43. The first kappa shape index (κ1) is 7.85. The molecule has 0 fully saturated rings. The third-order valence-electron chi connectivity index (χ3n) is 1.51. The van der Waals surface area contributed by atoms with Gasteiger partial charge in [-0.15, -0.1) is 0 Å². The fourth-order valence-corrected chi connectivity index (χ4v) is 0.974. The zero-order valence-electron chi connectivity index (χ0n) is 6.50. The van der Waals surface area contributed by atoms with E-state index < -0.39 is 5.78 Å². The molecule has 0 aromatic rings. The van der Waals surface area contributed by atoms with Gasteiger partial charge < -0.3 is 9.84 Å². The normalized spacial score (nSPS) is 24.2. The summed E-state index contributed by atoms with van der Waals surface area (Å²) in [6, 6.07) is 0. The lowest BCUT2D eigenvalue weighted by molar-refractivity contribution is -0.117. The molecule has 0 amide bonds. The molecule has 11 heavy (non-hydrogen) atoms. The van der Waals surface area contributed by atoms with Gasteiger partial charge in [0, 0.05) is 0 Å². The van der Waals surface area contributed by atoms with E-state index in [-0.39, 0.29) is 17.4 Å². The summed E-state index contributed by atoms with van der Waals surface area (Å²) in [5, 5.41) is 9.04. The van der Waals surface area contributed by atoms with Crippen molar-refractivity contribution in [2.75, 3.05) is 7.11 Å². The second-order valence-corrected chi connectivity index (χ2v) is 2.48. The highest BCUT2D eigenvalue weighted by Gasteiger charge is 2.20. The number of carbonyl (C=O) groups is 1. The Balaban J connectivity index is 2.91. The molecule has 1 aliphatic carbocycles. The minimum absolute atomic E-state index is 0.0580. The van der Waals surface area contributed by atoms with Crippen molar-refractivity contribution in [3.63, 3.8) is 0 Å². The summed E-state index contributed by atoms with van der Waals surface area (Å²) in [6.07, 6.45) is 3.16. The van der Waals surface area contributed by atoms with E-state index in [1.54, 1.807) is 6.08 Å². The smallest absolute Gasteiger partial charge is 0.261 e. The summed E-state index contributed by atoms with van der Waals surface area (Å²) in [5.74, 6) is -0.386. The third kappa shape index (κ3) is 1.42. The number of ether oxygens (including phenoxy) is 1. The van der Waals surface area contributed by atoms with Crippen molar-refractivity contribution in [2.24, 2.45) is 5.92 Å². The van der Waals surface area contributed by atoms with Gasteiger partial charge in [-0.25, -0.2) is 0 Å². The summed E-state index contributed by atoms with van der Waals surface area (Å²) in [4.78, 5) is 11.0. The van der Waals surface area contributed by atoms with Crippen molar-refractivity contribution in [3.8, 4) is 0 Å². The predicted octanol–water partition coefficient (Wildman–Crippen LogP) is 1.18. The van der Waals surface area contributed by atoms with Crippen molar-refractivity contribution in [1.29, 1.82) is 0 Å². The van der Waals surface area contributed by atoms with Gasteiger partial charge in [-0.3, -0.25) is 4.79 Å². The Hall–Kier alpha value is -1.25. The molecule has 1 rings (SSSR count). The average molecular weight is 154 g/mol. The first-order valence-corrected chi connectivity index (χ1v) is 3.36. The molecule has 0 saturated carbocycles. The number of aliphatic hydroxyl groups excluding tert-OH is 1. The van der Waals surface area contributed by atoms with Gasteiger partial charge in [0.2, 0.25) is 0 Å². The number of hydrogen-bond donors (Lipinski definition) is 1. The predicted molar refractivity (Wildman–Crippen MR) is 40.0 cm³/mol. The molecule has 3 nitrogen and oxygen atoms in total. The summed E-state index contributed by atoms with van der Waals surface area (Å²) in [5.41, 5.74) is 0. The van der Waals surface area contributed by atoms with Crippen LogP contribution >= 0.6 is 0 Å². The van der Waals surface area contributed by atoms with Gasteiger partial charge in [-0.1, -0.05) is 6.92 Å². The lowest BCUT2D eigenvalue weighted by Gasteiger charge is -2.12. The van der Waals surface area contributed by atoms with E-state index in [1.165, 1.54) is 13.2 Å². The van der Waals surface area contributed by atoms with Crippen molar-refractivity contribution < 1.29 is 14.6 Å². The number of rotatable bonds is 1. The molecule has 1 atom stereocenters. The van der Waals surface area contributed by atoms with Crippen LogP contribution in [0.15, 0.2) is 23.7 Å². The number of ketones is 1. The fourth-order valence-electron chi connectivity index (χ4n) is 0.974. The number of Topliss-reactive ketones (excluding diaryl/α,β-unsaturated/α-hetero) is 1. The molecular weight excluding hydrogens is 144 g/mol. The molecule has 0 aliphatic heterocycles. The van der Waals surface area contributed by atoms with E-state index in [1.807, 2.05) is 6.92 Å². The third-order valence-corrected chi connectivity index (χ3v) is 1.51. The average Bonchev–Trinajstić information content (AvgIpc) is 1.96. The van der Waals surface area contributed by atoms with E-state index in [0.717, 1.165) is 0 Å². The molecular formula is C8H10O3. The van der Waals surface area contributed by atoms with Gasteiger partial charge in [0.1, 0.15) is 0 Å². The molecule has 0 saturated heterocycles. The molecule has 1 unspecified atom stereocenters.